The van der Waals surface area contributed by atoms with Crippen molar-refractivity contribution in [3.8, 4) is 0 Å². The first-order chi connectivity index (χ1) is 39.0. The van der Waals surface area contributed by atoms with Gasteiger partial charge in [0, 0.05) is 12.8 Å². The summed E-state index contributed by atoms with van der Waals surface area (Å²) < 4.78 is 5.50. The third kappa shape index (κ3) is 65.4. The Bertz CT molecular complexity index is 1230. The smallest absolute Gasteiger partial charge is 0.305 e. The number of carbonyl (C=O) groups is 2. The van der Waals surface area contributed by atoms with E-state index in [2.05, 4.69) is 31.3 Å². The number of rotatable bonds is 68. The Kier molecular flexibility index (Phi) is 67.4. The van der Waals surface area contributed by atoms with Gasteiger partial charge in [-0.05, 0) is 57.8 Å². The molecule has 0 rings (SSSR count). The molecule has 0 aromatic heterocycles. The fraction of sp³-hybridized carbons (Fsp3) is 0.918. The third-order valence-corrected chi connectivity index (χ3v) is 17.0. The fourth-order valence-electron chi connectivity index (χ4n) is 11.5. The van der Waals surface area contributed by atoms with Crippen LogP contribution in [-0.2, 0) is 14.3 Å². The minimum Gasteiger partial charge on any atom is -0.466 e. The lowest BCUT2D eigenvalue weighted by molar-refractivity contribution is -0.143. The summed E-state index contributed by atoms with van der Waals surface area (Å²) in [4.78, 5) is 24.5. The summed E-state index contributed by atoms with van der Waals surface area (Å²) in [6.07, 6.45) is 87.2. The first-order valence-corrected chi connectivity index (χ1v) is 36.1. The minimum atomic E-state index is -0.840. The topological polar surface area (TPSA) is 95.9 Å². The van der Waals surface area contributed by atoms with Crippen molar-refractivity contribution in [2.24, 2.45) is 0 Å². The fourth-order valence-corrected chi connectivity index (χ4v) is 11.5. The molecule has 6 heteroatoms. The SMILES string of the molecule is CCCCCCCCCCC/C=C/C(O)C(CO)NC(=O)CCCCCCCCCCCCCCCCCCC/C=C\CCCCCCCCCCCCCCCCCCOC(=O)CCCCCCCCCCCCCCCC. The molecular formula is C73H141NO5. The van der Waals surface area contributed by atoms with Crippen LogP contribution < -0.4 is 5.32 Å². The van der Waals surface area contributed by atoms with E-state index in [0.29, 0.717) is 19.4 Å². The molecule has 0 aromatic carbocycles. The molecule has 0 radical (unpaired) electrons. The second kappa shape index (κ2) is 68.8. The number of ether oxygens (including phenoxy) is 1. The van der Waals surface area contributed by atoms with Gasteiger partial charge in [0.25, 0.3) is 0 Å². The number of hydrogen-bond acceptors (Lipinski definition) is 5. The van der Waals surface area contributed by atoms with Crippen LogP contribution in [0.5, 0.6) is 0 Å². The molecule has 0 aliphatic rings. The molecule has 0 aliphatic carbocycles. The molecule has 1 amide bonds. The molecular weight excluding hydrogens is 971 g/mol. The summed E-state index contributed by atoms with van der Waals surface area (Å²) in [5, 5.41) is 23.1. The number of unbranched alkanes of at least 4 members (excludes halogenated alkanes) is 55. The molecule has 0 heterocycles. The first kappa shape index (κ1) is 77.3. The largest absolute Gasteiger partial charge is 0.466 e. The van der Waals surface area contributed by atoms with E-state index in [1.54, 1.807) is 6.08 Å². The summed E-state index contributed by atoms with van der Waals surface area (Å²) in [7, 11) is 0. The zero-order valence-corrected chi connectivity index (χ0v) is 53.6. The molecule has 0 saturated heterocycles. The Balaban J connectivity index is 3.31. The van der Waals surface area contributed by atoms with Crippen molar-refractivity contribution in [1.82, 2.24) is 5.32 Å². The van der Waals surface area contributed by atoms with Crippen LogP contribution >= 0.6 is 0 Å². The van der Waals surface area contributed by atoms with Crippen LogP contribution in [-0.4, -0.2) is 47.4 Å². The third-order valence-electron chi connectivity index (χ3n) is 17.0. The maximum Gasteiger partial charge on any atom is 0.305 e. The van der Waals surface area contributed by atoms with E-state index < -0.39 is 12.1 Å². The van der Waals surface area contributed by atoms with Crippen molar-refractivity contribution in [2.75, 3.05) is 13.2 Å². The number of aliphatic hydroxyl groups excluding tert-OH is 2. The van der Waals surface area contributed by atoms with E-state index >= 15 is 0 Å². The summed E-state index contributed by atoms with van der Waals surface area (Å²) in [5.41, 5.74) is 0. The molecule has 0 aromatic rings. The zero-order valence-electron chi connectivity index (χ0n) is 53.6. The number of carbonyl (C=O) groups excluding carboxylic acids is 2. The van der Waals surface area contributed by atoms with Crippen molar-refractivity contribution in [1.29, 1.82) is 0 Å². The van der Waals surface area contributed by atoms with Gasteiger partial charge in [0.15, 0.2) is 0 Å². The Morgan fingerprint density at radius 3 is 0.899 bits per heavy atom. The molecule has 2 unspecified atom stereocenters. The average Bonchev–Trinajstić information content (AvgIpc) is 3.45. The van der Waals surface area contributed by atoms with Crippen LogP contribution in [0.15, 0.2) is 24.3 Å². The van der Waals surface area contributed by atoms with E-state index in [9.17, 15) is 19.8 Å². The molecule has 0 fully saturated rings. The minimum absolute atomic E-state index is 0.0241. The van der Waals surface area contributed by atoms with Gasteiger partial charge in [-0.15, -0.1) is 0 Å². The van der Waals surface area contributed by atoms with Gasteiger partial charge in [0.1, 0.15) is 0 Å². The summed E-state index contributed by atoms with van der Waals surface area (Å²) >= 11 is 0. The molecule has 6 nitrogen and oxygen atoms in total. The molecule has 79 heavy (non-hydrogen) atoms. The van der Waals surface area contributed by atoms with Crippen LogP contribution in [0, 0.1) is 0 Å². The average molecular weight is 1110 g/mol. The highest BCUT2D eigenvalue weighted by atomic mass is 16.5. The van der Waals surface area contributed by atoms with Crippen molar-refractivity contribution >= 4 is 11.9 Å². The lowest BCUT2D eigenvalue weighted by Gasteiger charge is -2.20. The van der Waals surface area contributed by atoms with Crippen molar-refractivity contribution in [3.05, 3.63) is 24.3 Å². The quantitative estimate of drug-likeness (QED) is 0.0320. The Morgan fingerprint density at radius 2 is 0.595 bits per heavy atom. The van der Waals surface area contributed by atoms with E-state index in [4.69, 9.17) is 4.74 Å². The Labute approximate surface area is 494 Å². The summed E-state index contributed by atoms with van der Waals surface area (Å²) in [6.45, 7) is 4.93. The predicted octanol–water partition coefficient (Wildman–Crippen LogP) is 23.3. The van der Waals surface area contributed by atoms with E-state index in [-0.39, 0.29) is 18.5 Å². The molecule has 468 valence electrons. The number of allylic oxidation sites excluding steroid dienone is 3. The molecule has 2 atom stereocenters. The standard InChI is InChI=1S/C73H141NO5/c1-3-5-7-9-11-13-15-16-43-47-51-55-59-63-67-73(78)79-68-64-60-56-52-48-44-41-39-37-35-33-31-29-27-25-23-21-19-17-18-20-22-24-26-28-30-32-34-36-38-40-42-46-50-54-58-62-66-72(77)74-70(69-75)71(76)65-61-57-53-49-45-14-12-10-8-6-4-2/h17,19,61,65,70-71,75-76H,3-16,18,20-60,62-64,66-69H2,1-2H3,(H,74,77)/b19-17-,65-61+. The number of nitrogens with one attached hydrogen (secondary N) is 1. The molecule has 0 bridgehead atoms. The monoisotopic (exact) mass is 1110 g/mol. The van der Waals surface area contributed by atoms with Crippen LogP contribution in [0.25, 0.3) is 0 Å². The number of esters is 1. The van der Waals surface area contributed by atoms with E-state index in [1.165, 1.54) is 340 Å². The van der Waals surface area contributed by atoms with Gasteiger partial charge in [-0.2, -0.15) is 0 Å². The van der Waals surface area contributed by atoms with Gasteiger partial charge in [-0.25, -0.2) is 0 Å². The first-order valence-electron chi connectivity index (χ1n) is 36.1. The highest BCUT2D eigenvalue weighted by molar-refractivity contribution is 5.76. The van der Waals surface area contributed by atoms with Crippen molar-refractivity contribution in [2.45, 2.75) is 418 Å². The highest BCUT2D eigenvalue weighted by Gasteiger charge is 2.18. The second-order valence-corrected chi connectivity index (χ2v) is 24.9. The summed E-state index contributed by atoms with van der Waals surface area (Å²) in [6, 6.07) is -0.623. The molecule has 0 saturated carbocycles. The van der Waals surface area contributed by atoms with Crippen LogP contribution in [0.2, 0.25) is 0 Å². The van der Waals surface area contributed by atoms with E-state index in [0.717, 1.165) is 38.5 Å². The van der Waals surface area contributed by atoms with Gasteiger partial charge in [-0.1, -0.05) is 359 Å². The predicted molar refractivity (Wildman–Crippen MR) is 347 cm³/mol. The molecule has 0 aliphatic heterocycles. The van der Waals surface area contributed by atoms with E-state index in [1.807, 2.05) is 6.08 Å². The van der Waals surface area contributed by atoms with Crippen LogP contribution in [0.3, 0.4) is 0 Å². The number of aliphatic hydroxyl groups is 2. The van der Waals surface area contributed by atoms with Crippen LogP contribution in [0.4, 0.5) is 0 Å². The normalized spacial score (nSPS) is 12.6. The maximum atomic E-state index is 12.4. The molecule has 0 spiro atoms. The second-order valence-electron chi connectivity index (χ2n) is 24.9. The number of amides is 1. The van der Waals surface area contributed by atoms with Gasteiger partial charge in [0.2, 0.25) is 5.91 Å². The number of hydrogen-bond donors (Lipinski definition) is 3. The lowest BCUT2D eigenvalue weighted by Crippen LogP contribution is -2.45. The molecule has 3 N–H and O–H groups in total. The van der Waals surface area contributed by atoms with Crippen molar-refractivity contribution < 1.29 is 24.5 Å². The van der Waals surface area contributed by atoms with Gasteiger partial charge in [-0.3, -0.25) is 9.59 Å². The van der Waals surface area contributed by atoms with Gasteiger partial charge >= 0.3 is 5.97 Å². The summed E-state index contributed by atoms with van der Waals surface area (Å²) in [5.74, 6) is -0.0394. The van der Waals surface area contributed by atoms with Gasteiger partial charge in [0.05, 0.1) is 25.4 Å². The Morgan fingerprint density at radius 1 is 0.342 bits per heavy atom. The lowest BCUT2D eigenvalue weighted by atomic mass is 10.0. The highest BCUT2D eigenvalue weighted by Crippen LogP contribution is 2.19. The zero-order chi connectivity index (χ0) is 57.1. The van der Waals surface area contributed by atoms with Crippen LogP contribution in [0.1, 0.15) is 406 Å². The Hall–Kier alpha value is -1.66. The maximum absolute atomic E-state index is 12.4. The van der Waals surface area contributed by atoms with Gasteiger partial charge < -0.3 is 20.3 Å². The van der Waals surface area contributed by atoms with Crippen molar-refractivity contribution in [3.63, 3.8) is 0 Å².